The molecule has 2 atom stereocenters. The van der Waals surface area contributed by atoms with Gasteiger partial charge < -0.3 is 25.7 Å². The van der Waals surface area contributed by atoms with Gasteiger partial charge in [-0.3, -0.25) is 0 Å². The summed E-state index contributed by atoms with van der Waals surface area (Å²) in [6.07, 6.45) is -0.164. The first-order valence-corrected chi connectivity index (χ1v) is 6.13. The van der Waals surface area contributed by atoms with Crippen LogP contribution in [0.2, 0.25) is 6.04 Å². The zero-order valence-corrected chi connectivity index (χ0v) is 11.4. The Bertz CT molecular complexity index is 152. The van der Waals surface area contributed by atoms with Crippen molar-refractivity contribution in [2.24, 2.45) is 11.5 Å². The van der Waals surface area contributed by atoms with Crippen LogP contribution in [0.3, 0.4) is 0 Å². The lowest BCUT2D eigenvalue weighted by molar-refractivity contribution is -0.269. The van der Waals surface area contributed by atoms with E-state index < -0.39 is 11.8 Å². The van der Waals surface area contributed by atoms with E-state index in [1.54, 1.807) is 21.3 Å². The fourth-order valence-corrected chi connectivity index (χ4v) is 2.57. The van der Waals surface area contributed by atoms with Crippen molar-refractivity contribution in [2.45, 2.75) is 24.0 Å². The molecule has 0 aromatic rings. The Balaban J connectivity index is 4.83. The average molecular weight is 222 g/mol. The van der Waals surface area contributed by atoms with Crippen LogP contribution in [0.5, 0.6) is 0 Å². The monoisotopic (exact) mass is 222 g/mol. The zero-order valence-electron chi connectivity index (χ0n) is 9.45. The van der Waals surface area contributed by atoms with E-state index in [1.165, 1.54) is 0 Å². The van der Waals surface area contributed by atoms with Crippen molar-refractivity contribution in [2.75, 3.05) is 27.9 Å². The third kappa shape index (κ3) is 2.53. The summed E-state index contributed by atoms with van der Waals surface area (Å²) in [5.41, 5.74) is 11.4. The Kier molecular flexibility index (Phi) is 6.50. The molecule has 14 heavy (non-hydrogen) atoms. The van der Waals surface area contributed by atoms with Crippen molar-refractivity contribution in [1.82, 2.24) is 0 Å². The number of rotatable bonds is 7. The quantitative estimate of drug-likeness (QED) is 0.387. The molecule has 0 amide bonds. The van der Waals surface area contributed by atoms with Crippen LogP contribution in [-0.2, 0) is 14.2 Å². The minimum absolute atomic E-state index is 0.164. The number of nitrogens with two attached hydrogens (primary N) is 2. The molecule has 0 rings (SSSR count). The Hall–Kier alpha value is 0.0169. The van der Waals surface area contributed by atoms with Crippen molar-refractivity contribution >= 4 is 10.2 Å². The molecular formula is C8H22N2O3Si. The molecule has 0 spiro atoms. The van der Waals surface area contributed by atoms with Crippen molar-refractivity contribution < 1.29 is 14.2 Å². The van der Waals surface area contributed by atoms with Gasteiger partial charge >= 0.3 is 0 Å². The fraction of sp³-hybridized carbons (Fsp3) is 1.00. The van der Waals surface area contributed by atoms with Crippen molar-refractivity contribution in [3.05, 3.63) is 0 Å². The van der Waals surface area contributed by atoms with Gasteiger partial charge in [0.15, 0.2) is 0 Å². The first-order valence-electron chi connectivity index (χ1n) is 4.71. The minimum Gasteiger partial charge on any atom is -0.376 e. The van der Waals surface area contributed by atoms with Crippen LogP contribution < -0.4 is 11.5 Å². The predicted molar refractivity (Wildman–Crippen MR) is 59.3 cm³/mol. The summed E-state index contributed by atoms with van der Waals surface area (Å²) in [5, 5.41) is 0. The van der Waals surface area contributed by atoms with Crippen LogP contribution >= 0.6 is 0 Å². The molecule has 6 heteroatoms. The lowest BCUT2D eigenvalue weighted by Crippen LogP contribution is -2.61. The van der Waals surface area contributed by atoms with E-state index in [0.717, 1.165) is 16.3 Å². The molecule has 0 heterocycles. The highest BCUT2D eigenvalue weighted by molar-refractivity contribution is 6.08. The summed E-state index contributed by atoms with van der Waals surface area (Å²) in [6, 6.07) is 0.489. The standard InChI is InChI=1S/C8H22N2O3Si/c1-11-7(5-14)8(12-2,13-3)6(10)4-9/h6-7H,4-5,9-10H2,1-3,14H3. The van der Waals surface area contributed by atoms with Gasteiger partial charge in [0.1, 0.15) is 6.10 Å². The van der Waals surface area contributed by atoms with E-state index in [4.69, 9.17) is 25.7 Å². The van der Waals surface area contributed by atoms with Gasteiger partial charge in [-0.05, 0) is 6.04 Å². The largest absolute Gasteiger partial charge is 0.376 e. The van der Waals surface area contributed by atoms with Gasteiger partial charge in [-0.2, -0.15) is 0 Å². The molecule has 4 N–H and O–H groups in total. The Morgan fingerprint density at radius 2 is 1.79 bits per heavy atom. The lowest BCUT2D eigenvalue weighted by Gasteiger charge is -2.40. The van der Waals surface area contributed by atoms with Crippen LogP contribution in [-0.4, -0.2) is 56.0 Å². The summed E-state index contributed by atoms with van der Waals surface area (Å²) in [5.74, 6) is -0.925. The van der Waals surface area contributed by atoms with Gasteiger partial charge in [0, 0.05) is 38.1 Å². The third-order valence-corrected chi connectivity index (χ3v) is 3.25. The van der Waals surface area contributed by atoms with E-state index >= 15 is 0 Å². The molecule has 2 unspecified atom stereocenters. The van der Waals surface area contributed by atoms with Crippen LogP contribution in [0.25, 0.3) is 0 Å². The maximum Gasteiger partial charge on any atom is 0.210 e. The van der Waals surface area contributed by atoms with Crippen LogP contribution in [0, 0.1) is 0 Å². The molecule has 86 valence electrons. The number of ether oxygens (including phenoxy) is 3. The Labute approximate surface area is 88.5 Å². The molecule has 0 aromatic carbocycles. The highest BCUT2D eigenvalue weighted by Gasteiger charge is 2.44. The van der Waals surface area contributed by atoms with Gasteiger partial charge in [0.25, 0.3) is 0 Å². The molecule has 0 bridgehead atoms. The van der Waals surface area contributed by atoms with Gasteiger partial charge in [0.05, 0.1) is 6.04 Å². The van der Waals surface area contributed by atoms with E-state index in [0.29, 0.717) is 6.54 Å². The molecule has 0 aromatic heterocycles. The average Bonchev–Trinajstić information content (AvgIpc) is 2.25. The van der Waals surface area contributed by atoms with E-state index in [-0.39, 0.29) is 6.10 Å². The molecule has 0 aliphatic heterocycles. The molecule has 5 nitrogen and oxygen atoms in total. The zero-order chi connectivity index (χ0) is 11.2. The fourth-order valence-electron chi connectivity index (χ4n) is 1.67. The Morgan fingerprint density at radius 3 is 2.00 bits per heavy atom. The molecule has 0 aliphatic rings. The van der Waals surface area contributed by atoms with Crippen LogP contribution in [0.1, 0.15) is 0 Å². The van der Waals surface area contributed by atoms with Gasteiger partial charge in [-0.25, -0.2) is 0 Å². The highest BCUT2D eigenvalue weighted by Crippen LogP contribution is 2.24. The van der Waals surface area contributed by atoms with E-state index in [2.05, 4.69) is 0 Å². The second kappa shape index (κ2) is 6.49. The smallest absolute Gasteiger partial charge is 0.210 e. The van der Waals surface area contributed by atoms with Crippen molar-refractivity contribution in [3.63, 3.8) is 0 Å². The highest BCUT2D eigenvalue weighted by atomic mass is 28.1. The summed E-state index contributed by atoms with van der Waals surface area (Å²) >= 11 is 0. The first kappa shape index (κ1) is 14.0. The second-order valence-corrected chi connectivity index (χ2v) is 3.92. The minimum atomic E-state index is -0.925. The van der Waals surface area contributed by atoms with E-state index in [1.807, 2.05) is 0 Å². The molecule has 0 radical (unpaired) electrons. The molecule has 0 saturated heterocycles. The van der Waals surface area contributed by atoms with E-state index in [9.17, 15) is 0 Å². The molecule has 0 fully saturated rings. The summed E-state index contributed by atoms with van der Waals surface area (Å²) in [6.45, 7) is 0.295. The Morgan fingerprint density at radius 1 is 1.29 bits per heavy atom. The SMILES string of the molecule is COC(C[SiH3])C(OC)(OC)C(N)CN. The van der Waals surface area contributed by atoms with Crippen LogP contribution in [0.4, 0.5) is 0 Å². The number of methoxy groups -OCH3 is 3. The lowest BCUT2D eigenvalue weighted by atomic mass is 10.0. The second-order valence-electron chi connectivity index (χ2n) is 3.10. The predicted octanol–water partition coefficient (Wildman–Crippen LogP) is -1.94. The van der Waals surface area contributed by atoms with Crippen molar-refractivity contribution in [1.29, 1.82) is 0 Å². The third-order valence-electron chi connectivity index (χ3n) is 2.51. The number of hydrogen-bond donors (Lipinski definition) is 2. The maximum atomic E-state index is 5.89. The maximum absolute atomic E-state index is 5.89. The van der Waals surface area contributed by atoms with Gasteiger partial charge in [0.2, 0.25) is 5.79 Å². The molecule has 0 aliphatic carbocycles. The van der Waals surface area contributed by atoms with Gasteiger partial charge in [-0.1, -0.05) is 0 Å². The summed E-state index contributed by atoms with van der Waals surface area (Å²) < 4.78 is 16.0. The topological polar surface area (TPSA) is 79.7 Å². The summed E-state index contributed by atoms with van der Waals surface area (Å²) in [4.78, 5) is 0. The van der Waals surface area contributed by atoms with Crippen molar-refractivity contribution in [3.8, 4) is 0 Å². The first-order chi connectivity index (χ1) is 6.62. The molecule has 0 saturated carbocycles. The normalized spacial score (nSPS) is 16.9. The number of hydrogen-bond acceptors (Lipinski definition) is 5. The summed E-state index contributed by atoms with van der Waals surface area (Å²) in [7, 11) is 5.73. The van der Waals surface area contributed by atoms with Crippen LogP contribution in [0.15, 0.2) is 0 Å². The molecular weight excluding hydrogens is 200 g/mol. The van der Waals surface area contributed by atoms with Gasteiger partial charge in [-0.15, -0.1) is 0 Å².